The van der Waals surface area contributed by atoms with E-state index < -0.39 is 6.04 Å². The lowest BCUT2D eigenvalue weighted by Gasteiger charge is -2.29. The Labute approximate surface area is 196 Å². The molecule has 1 N–H and O–H groups in total. The van der Waals surface area contributed by atoms with E-state index in [2.05, 4.69) is 28.2 Å². The van der Waals surface area contributed by atoms with Crippen LogP contribution in [-0.4, -0.2) is 35.1 Å². The lowest BCUT2D eigenvalue weighted by Crippen LogP contribution is -2.48. The fourth-order valence-electron chi connectivity index (χ4n) is 2.85. The first-order valence-electron chi connectivity index (χ1n) is 10.0. The van der Waals surface area contributed by atoms with Crippen molar-refractivity contribution >= 4 is 51.1 Å². The van der Waals surface area contributed by atoms with Crippen molar-refractivity contribution in [2.75, 3.05) is 12.3 Å². The molecule has 1 atom stereocenters. The molecule has 0 bridgehead atoms. The molecule has 0 saturated carbocycles. The molecule has 4 nitrogen and oxygen atoms in total. The Hall–Kier alpha value is -1.50. The van der Waals surface area contributed by atoms with Crippen molar-refractivity contribution < 1.29 is 9.59 Å². The largest absolute Gasteiger partial charge is 0.354 e. The molecule has 0 radical (unpaired) electrons. The van der Waals surface area contributed by atoms with E-state index in [0.717, 1.165) is 34.2 Å². The second kappa shape index (κ2) is 13.0. The number of unbranched alkanes of at least 4 members (excludes halogenated alkanes) is 1. The summed E-state index contributed by atoms with van der Waals surface area (Å²) in [6.45, 7) is 4.77. The van der Waals surface area contributed by atoms with E-state index in [4.69, 9.17) is 11.6 Å². The van der Waals surface area contributed by atoms with E-state index >= 15 is 0 Å². The summed E-state index contributed by atoms with van der Waals surface area (Å²) in [6.07, 6.45) is 1.92. The molecule has 0 aliphatic heterocycles. The molecule has 7 heteroatoms. The number of rotatable bonds is 11. The van der Waals surface area contributed by atoms with Gasteiger partial charge in [-0.1, -0.05) is 71.2 Å². The van der Waals surface area contributed by atoms with Crippen LogP contribution in [0.2, 0.25) is 5.02 Å². The van der Waals surface area contributed by atoms with Gasteiger partial charge >= 0.3 is 0 Å². The van der Waals surface area contributed by atoms with Gasteiger partial charge in [-0.25, -0.2) is 0 Å². The van der Waals surface area contributed by atoms with Crippen LogP contribution in [0.5, 0.6) is 0 Å². The summed E-state index contributed by atoms with van der Waals surface area (Å²) in [5.41, 5.74) is 1.98. The normalized spacial score (nSPS) is 11.7. The van der Waals surface area contributed by atoms with Crippen LogP contribution < -0.4 is 5.32 Å². The van der Waals surface area contributed by atoms with Crippen LogP contribution in [0.4, 0.5) is 0 Å². The Morgan fingerprint density at radius 3 is 2.53 bits per heavy atom. The Morgan fingerprint density at radius 1 is 1.17 bits per heavy atom. The molecule has 2 aromatic carbocycles. The molecule has 0 aliphatic carbocycles. The van der Waals surface area contributed by atoms with Gasteiger partial charge in [-0.2, -0.15) is 0 Å². The number of hydrogen-bond donors (Lipinski definition) is 1. The summed E-state index contributed by atoms with van der Waals surface area (Å²) in [4.78, 5) is 27.3. The summed E-state index contributed by atoms with van der Waals surface area (Å²) >= 11 is 11.3. The van der Waals surface area contributed by atoms with Gasteiger partial charge in [0, 0.05) is 28.3 Å². The Kier molecular flexibility index (Phi) is 10.8. The van der Waals surface area contributed by atoms with Crippen LogP contribution in [0, 0.1) is 0 Å². The number of halogens is 2. The van der Waals surface area contributed by atoms with Gasteiger partial charge in [0.1, 0.15) is 6.04 Å². The summed E-state index contributed by atoms with van der Waals surface area (Å²) in [5.74, 6) is 0.820. The molecule has 0 heterocycles. The second-order valence-corrected chi connectivity index (χ2v) is 9.36. The van der Waals surface area contributed by atoms with Gasteiger partial charge in [-0.15, -0.1) is 11.8 Å². The molecule has 2 amide bonds. The Balaban J connectivity index is 2.04. The molecular weight excluding hydrogens is 484 g/mol. The fourth-order valence-corrected chi connectivity index (χ4v) is 4.18. The predicted octanol–water partition coefficient (Wildman–Crippen LogP) is 5.67. The van der Waals surface area contributed by atoms with Crippen molar-refractivity contribution in [3.05, 3.63) is 69.2 Å². The van der Waals surface area contributed by atoms with Gasteiger partial charge in [0.25, 0.3) is 0 Å². The van der Waals surface area contributed by atoms with Crippen molar-refractivity contribution in [1.29, 1.82) is 0 Å². The van der Waals surface area contributed by atoms with Crippen LogP contribution in [0.15, 0.2) is 53.0 Å². The zero-order valence-electron chi connectivity index (χ0n) is 17.4. The molecule has 162 valence electrons. The number of thioether (sulfide) groups is 1. The highest BCUT2D eigenvalue weighted by atomic mass is 79.9. The molecule has 0 aliphatic rings. The van der Waals surface area contributed by atoms with Gasteiger partial charge in [0.15, 0.2) is 0 Å². The number of carbonyl (C=O) groups excluding carboxylic acids is 2. The van der Waals surface area contributed by atoms with Crippen LogP contribution in [0.1, 0.15) is 37.8 Å². The first kappa shape index (κ1) is 24.8. The molecule has 1 unspecified atom stereocenters. The van der Waals surface area contributed by atoms with Crippen molar-refractivity contribution in [3.8, 4) is 0 Å². The average molecular weight is 512 g/mol. The number of carbonyl (C=O) groups is 2. The van der Waals surface area contributed by atoms with Gasteiger partial charge in [-0.05, 0) is 42.7 Å². The van der Waals surface area contributed by atoms with E-state index in [0.29, 0.717) is 23.9 Å². The van der Waals surface area contributed by atoms with Crippen molar-refractivity contribution in [2.24, 2.45) is 0 Å². The van der Waals surface area contributed by atoms with Gasteiger partial charge in [0.05, 0.1) is 5.75 Å². The van der Waals surface area contributed by atoms with E-state index in [-0.39, 0.29) is 11.8 Å². The smallest absolute Gasteiger partial charge is 0.242 e. The minimum absolute atomic E-state index is 0.0739. The Morgan fingerprint density at radius 2 is 1.87 bits per heavy atom. The molecule has 0 saturated heterocycles. The highest BCUT2D eigenvalue weighted by Crippen LogP contribution is 2.21. The summed E-state index contributed by atoms with van der Waals surface area (Å²) in [7, 11) is 0. The number of nitrogens with one attached hydrogen (secondary N) is 1. The highest BCUT2D eigenvalue weighted by Gasteiger charge is 2.26. The maximum atomic E-state index is 13.1. The summed E-state index contributed by atoms with van der Waals surface area (Å²) in [5, 5.41) is 3.52. The molecule has 2 rings (SSSR count). The standard InChI is InChI=1S/C23H28BrClN2O2S/c1-3-4-13-26-23(29)17(2)27(14-19-7-5-6-8-21(19)25)22(28)16-30-15-18-9-11-20(24)12-10-18/h5-12,17H,3-4,13-16H2,1-2H3,(H,26,29). The zero-order valence-corrected chi connectivity index (χ0v) is 20.5. The van der Waals surface area contributed by atoms with Gasteiger partial charge in [0.2, 0.25) is 11.8 Å². The van der Waals surface area contributed by atoms with Crippen molar-refractivity contribution in [2.45, 2.75) is 45.0 Å². The minimum atomic E-state index is -0.570. The van der Waals surface area contributed by atoms with Crippen molar-refractivity contribution in [1.82, 2.24) is 10.2 Å². The fraction of sp³-hybridized carbons (Fsp3) is 0.391. The summed E-state index contributed by atoms with van der Waals surface area (Å²) in [6, 6.07) is 14.9. The lowest BCUT2D eigenvalue weighted by molar-refractivity contribution is -0.138. The molecular formula is C23H28BrClN2O2S. The van der Waals surface area contributed by atoms with E-state index in [9.17, 15) is 9.59 Å². The van der Waals surface area contributed by atoms with Crippen LogP contribution in [-0.2, 0) is 21.9 Å². The number of benzene rings is 2. The zero-order chi connectivity index (χ0) is 21.9. The molecule has 0 spiro atoms. The molecule has 2 aromatic rings. The molecule has 0 aromatic heterocycles. The van der Waals surface area contributed by atoms with Gasteiger partial charge < -0.3 is 10.2 Å². The first-order valence-corrected chi connectivity index (χ1v) is 12.4. The SMILES string of the molecule is CCCCNC(=O)C(C)N(Cc1ccccc1Cl)C(=O)CSCc1ccc(Br)cc1. The van der Waals surface area contributed by atoms with E-state index in [1.165, 1.54) is 0 Å². The van der Waals surface area contributed by atoms with E-state index in [1.807, 2.05) is 42.5 Å². The van der Waals surface area contributed by atoms with Crippen LogP contribution >= 0.6 is 39.3 Å². The third kappa shape index (κ3) is 7.97. The highest BCUT2D eigenvalue weighted by molar-refractivity contribution is 9.10. The topological polar surface area (TPSA) is 49.4 Å². The second-order valence-electron chi connectivity index (χ2n) is 7.05. The number of hydrogen-bond acceptors (Lipinski definition) is 3. The quantitative estimate of drug-likeness (QED) is 0.396. The Bertz CT molecular complexity index is 832. The van der Waals surface area contributed by atoms with Crippen LogP contribution in [0.3, 0.4) is 0 Å². The number of nitrogens with zero attached hydrogens (tertiary/aromatic N) is 1. The van der Waals surface area contributed by atoms with Crippen molar-refractivity contribution in [3.63, 3.8) is 0 Å². The lowest BCUT2D eigenvalue weighted by atomic mass is 10.1. The summed E-state index contributed by atoms with van der Waals surface area (Å²) < 4.78 is 1.03. The number of amides is 2. The first-order chi connectivity index (χ1) is 14.4. The maximum absolute atomic E-state index is 13.1. The maximum Gasteiger partial charge on any atom is 0.242 e. The van der Waals surface area contributed by atoms with Crippen LogP contribution in [0.25, 0.3) is 0 Å². The minimum Gasteiger partial charge on any atom is -0.354 e. The monoisotopic (exact) mass is 510 g/mol. The third-order valence-electron chi connectivity index (χ3n) is 4.70. The van der Waals surface area contributed by atoms with Gasteiger partial charge in [-0.3, -0.25) is 9.59 Å². The predicted molar refractivity (Wildman–Crippen MR) is 130 cm³/mol. The molecule has 30 heavy (non-hydrogen) atoms. The molecule has 0 fully saturated rings. The third-order valence-corrected chi connectivity index (χ3v) is 6.59. The van der Waals surface area contributed by atoms with E-state index in [1.54, 1.807) is 29.7 Å². The average Bonchev–Trinajstić information content (AvgIpc) is 2.74.